The zero-order chi connectivity index (χ0) is 17.1. The Kier molecular flexibility index (Phi) is 4.75. The molecule has 0 aliphatic carbocycles. The Balaban J connectivity index is 1.27. The van der Waals surface area contributed by atoms with Crippen LogP contribution >= 0.6 is 0 Å². The number of nitrogens with one attached hydrogen (secondary N) is 1. The molecular weight excluding hydrogens is 306 g/mol. The van der Waals surface area contributed by atoms with E-state index in [9.17, 15) is 0 Å². The third-order valence-corrected chi connectivity index (χ3v) is 5.42. The van der Waals surface area contributed by atoms with E-state index >= 15 is 0 Å². The van der Waals surface area contributed by atoms with Gasteiger partial charge in [0.05, 0.1) is 0 Å². The Labute approximate surface area is 150 Å². The van der Waals surface area contributed by atoms with E-state index in [4.69, 9.17) is 0 Å². The Morgan fingerprint density at radius 1 is 0.920 bits per heavy atom. The van der Waals surface area contributed by atoms with Gasteiger partial charge in [-0.25, -0.2) is 0 Å². The molecule has 1 N–H and O–H groups in total. The minimum Gasteiger partial charge on any atom is -0.369 e. The highest BCUT2D eigenvalue weighted by Gasteiger charge is 2.17. The van der Waals surface area contributed by atoms with Gasteiger partial charge in [-0.3, -0.25) is 4.90 Å². The predicted octanol–water partition coefficient (Wildman–Crippen LogP) is 4.23. The standard InChI is InChI=1S/C22H27N3/c1-18-7-2-5-11-22(18)25-15-13-24(14-16-25)12-6-8-19-17-23-21-10-4-3-9-20(19)21/h2-5,7,9-11,17,23H,6,8,12-16H2,1H3. The molecule has 130 valence electrons. The molecule has 0 bridgehead atoms. The van der Waals surface area contributed by atoms with Gasteiger partial charge in [-0.15, -0.1) is 0 Å². The van der Waals surface area contributed by atoms with Crippen molar-refractivity contribution in [1.29, 1.82) is 0 Å². The van der Waals surface area contributed by atoms with E-state index in [2.05, 4.69) is 76.4 Å². The summed E-state index contributed by atoms with van der Waals surface area (Å²) in [6.07, 6.45) is 4.56. The quantitative estimate of drug-likeness (QED) is 0.755. The van der Waals surface area contributed by atoms with Gasteiger partial charge in [0, 0.05) is 49.0 Å². The van der Waals surface area contributed by atoms with Gasteiger partial charge in [0.2, 0.25) is 0 Å². The van der Waals surface area contributed by atoms with E-state index in [0.717, 1.165) is 19.5 Å². The summed E-state index contributed by atoms with van der Waals surface area (Å²) in [4.78, 5) is 8.53. The van der Waals surface area contributed by atoms with Gasteiger partial charge in [0.25, 0.3) is 0 Å². The molecule has 2 heterocycles. The van der Waals surface area contributed by atoms with Crippen LogP contribution in [-0.4, -0.2) is 42.6 Å². The van der Waals surface area contributed by atoms with Crippen molar-refractivity contribution in [3.63, 3.8) is 0 Å². The lowest BCUT2D eigenvalue weighted by Gasteiger charge is -2.36. The number of piperazine rings is 1. The Morgan fingerprint density at radius 2 is 1.68 bits per heavy atom. The lowest BCUT2D eigenvalue weighted by molar-refractivity contribution is 0.255. The number of nitrogens with zero attached hydrogens (tertiary/aromatic N) is 2. The van der Waals surface area contributed by atoms with Crippen LogP contribution in [-0.2, 0) is 6.42 Å². The number of fused-ring (bicyclic) bond motifs is 1. The highest BCUT2D eigenvalue weighted by molar-refractivity contribution is 5.82. The van der Waals surface area contributed by atoms with E-state index in [1.54, 1.807) is 0 Å². The van der Waals surface area contributed by atoms with Crippen molar-refractivity contribution in [3.05, 3.63) is 65.9 Å². The van der Waals surface area contributed by atoms with Crippen LogP contribution in [0, 0.1) is 6.92 Å². The average molecular weight is 333 g/mol. The van der Waals surface area contributed by atoms with Crippen LogP contribution < -0.4 is 4.90 Å². The SMILES string of the molecule is Cc1ccccc1N1CCN(CCCc2c[nH]c3ccccc23)CC1. The number of hydrogen-bond donors (Lipinski definition) is 1. The molecule has 25 heavy (non-hydrogen) atoms. The van der Waals surface area contributed by atoms with Crippen LogP contribution in [0.5, 0.6) is 0 Å². The summed E-state index contributed by atoms with van der Waals surface area (Å²) in [7, 11) is 0. The van der Waals surface area contributed by atoms with Gasteiger partial charge in [0.1, 0.15) is 0 Å². The smallest absolute Gasteiger partial charge is 0.0456 e. The Morgan fingerprint density at radius 3 is 2.52 bits per heavy atom. The molecule has 0 radical (unpaired) electrons. The molecule has 0 saturated carbocycles. The fourth-order valence-electron chi connectivity index (χ4n) is 3.96. The second kappa shape index (κ2) is 7.32. The highest BCUT2D eigenvalue weighted by Crippen LogP contribution is 2.22. The third-order valence-electron chi connectivity index (χ3n) is 5.42. The summed E-state index contributed by atoms with van der Waals surface area (Å²) < 4.78 is 0. The van der Waals surface area contributed by atoms with Gasteiger partial charge in [-0.2, -0.15) is 0 Å². The van der Waals surface area contributed by atoms with Crippen LogP contribution in [0.4, 0.5) is 5.69 Å². The van der Waals surface area contributed by atoms with Gasteiger partial charge in [-0.1, -0.05) is 36.4 Å². The maximum atomic E-state index is 3.39. The van der Waals surface area contributed by atoms with Crippen molar-refractivity contribution in [2.75, 3.05) is 37.6 Å². The molecule has 1 aliphatic heterocycles. The second-order valence-corrected chi connectivity index (χ2v) is 7.08. The molecule has 1 aliphatic rings. The molecule has 3 heteroatoms. The maximum Gasteiger partial charge on any atom is 0.0456 e. The normalized spacial score (nSPS) is 15.8. The fourth-order valence-corrected chi connectivity index (χ4v) is 3.96. The first-order chi connectivity index (χ1) is 12.3. The molecule has 3 nitrogen and oxygen atoms in total. The largest absolute Gasteiger partial charge is 0.369 e. The number of benzene rings is 2. The van der Waals surface area contributed by atoms with Gasteiger partial charge in [0.15, 0.2) is 0 Å². The molecule has 1 saturated heterocycles. The number of aromatic nitrogens is 1. The number of aryl methyl sites for hydroxylation is 2. The number of anilines is 1. The van der Waals surface area contributed by atoms with Crippen LogP contribution in [0.25, 0.3) is 10.9 Å². The molecule has 2 aromatic carbocycles. The summed E-state index contributed by atoms with van der Waals surface area (Å²) in [6, 6.07) is 17.3. The molecule has 0 atom stereocenters. The van der Waals surface area contributed by atoms with Crippen molar-refractivity contribution in [2.45, 2.75) is 19.8 Å². The van der Waals surface area contributed by atoms with E-state index in [1.165, 1.54) is 53.8 Å². The third kappa shape index (κ3) is 3.57. The first kappa shape index (κ1) is 16.2. The molecule has 0 amide bonds. The fraction of sp³-hybridized carbons (Fsp3) is 0.364. The maximum absolute atomic E-state index is 3.39. The minimum absolute atomic E-state index is 1.14. The zero-order valence-corrected chi connectivity index (χ0v) is 15.0. The van der Waals surface area contributed by atoms with Gasteiger partial charge in [-0.05, 0) is 49.6 Å². The monoisotopic (exact) mass is 333 g/mol. The van der Waals surface area contributed by atoms with E-state index in [-0.39, 0.29) is 0 Å². The molecular formula is C22H27N3. The number of aromatic amines is 1. The number of para-hydroxylation sites is 2. The summed E-state index contributed by atoms with van der Waals surface area (Å²) in [6.45, 7) is 8.02. The first-order valence-corrected chi connectivity index (χ1v) is 9.39. The lowest BCUT2D eigenvalue weighted by atomic mass is 10.1. The number of rotatable bonds is 5. The first-order valence-electron chi connectivity index (χ1n) is 9.39. The van der Waals surface area contributed by atoms with Gasteiger partial charge >= 0.3 is 0 Å². The van der Waals surface area contributed by atoms with E-state index < -0.39 is 0 Å². The van der Waals surface area contributed by atoms with Crippen LogP contribution in [0.1, 0.15) is 17.5 Å². The summed E-state index contributed by atoms with van der Waals surface area (Å²) >= 11 is 0. The van der Waals surface area contributed by atoms with Gasteiger partial charge < -0.3 is 9.88 Å². The van der Waals surface area contributed by atoms with Crippen molar-refractivity contribution in [2.24, 2.45) is 0 Å². The number of hydrogen-bond acceptors (Lipinski definition) is 2. The molecule has 1 aromatic heterocycles. The predicted molar refractivity (Wildman–Crippen MR) is 106 cm³/mol. The second-order valence-electron chi connectivity index (χ2n) is 7.08. The number of H-pyrrole nitrogens is 1. The zero-order valence-electron chi connectivity index (χ0n) is 15.0. The Bertz CT molecular complexity index is 828. The van der Waals surface area contributed by atoms with Crippen molar-refractivity contribution >= 4 is 16.6 Å². The molecule has 0 spiro atoms. The van der Waals surface area contributed by atoms with Crippen molar-refractivity contribution < 1.29 is 0 Å². The lowest BCUT2D eigenvalue weighted by Crippen LogP contribution is -2.46. The minimum atomic E-state index is 1.14. The Hall–Kier alpha value is -2.26. The topological polar surface area (TPSA) is 22.3 Å². The van der Waals surface area contributed by atoms with Crippen molar-refractivity contribution in [3.8, 4) is 0 Å². The molecule has 4 rings (SSSR count). The molecule has 1 fully saturated rings. The summed E-state index contributed by atoms with van der Waals surface area (Å²) in [5.41, 5.74) is 5.50. The van der Waals surface area contributed by atoms with Crippen LogP contribution in [0.2, 0.25) is 0 Å². The van der Waals surface area contributed by atoms with E-state index in [1.807, 2.05) is 0 Å². The highest BCUT2D eigenvalue weighted by atomic mass is 15.3. The average Bonchev–Trinajstić information content (AvgIpc) is 3.06. The van der Waals surface area contributed by atoms with Crippen LogP contribution in [0.3, 0.4) is 0 Å². The summed E-state index contributed by atoms with van der Waals surface area (Å²) in [5, 5.41) is 1.38. The molecule has 3 aromatic rings. The summed E-state index contributed by atoms with van der Waals surface area (Å²) in [5.74, 6) is 0. The van der Waals surface area contributed by atoms with Crippen molar-refractivity contribution in [1.82, 2.24) is 9.88 Å². The van der Waals surface area contributed by atoms with Crippen LogP contribution in [0.15, 0.2) is 54.7 Å². The molecule has 0 unspecified atom stereocenters. The van der Waals surface area contributed by atoms with E-state index in [0.29, 0.717) is 0 Å².